The van der Waals surface area contributed by atoms with Gasteiger partial charge in [0.2, 0.25) is 0 Å². The molecule has 1 rings (SSSR count). The number of aliphatic hydroxyl groups is 1. The van der Waals surface area contributed by atoms with E-state index in [0.717, 1.165) is 97.2 Å². The van der Waals surface area contributed by atoms with E-state index in [2.05, 4.69) is 42.4 Å². The van der Waals surface area contributed by atoms with Gasteiger partial charge in [0.25, 0.3) is 0 Å². The van der Waals surface area contributed by atoms with Crippen molar-refractivity contribution in [1.29, 1.82) is 0 Å². The molecule has 8 heteroatoms. The van der Waals surface area contributed by atoms with Gasteiger partial charge >= 0.3 is 11.9 Å². The van der Waals surface area contributed by atoms with Crippen molar-refractivity contribution < 1.29 is 24.2 Å². The Morgan fingerprint density at radius 3 is 1.26 bits per heavy atom. The van der Waals surface area contributed by atoms with Crippen molar-refractivity contribution in [2.75, 3.05) is 73.1 Å². The third kappa shape index (κ3) is 35.1. The Balaban J connectivity index is 2.54. The molecule has 62 heavy (non-hydrogen) atoms. The second kappa shape index (κ2) is 41.2. The highest BCUT2D eigenvalue weighted by Crippen LogP contribution is 2.24. The zero-order valence-electron chi connectivity index (χ0n) is 42.5. The maximum atomic E-state index is 12.8. The van der Waals surface area contributed by atoms with Crippen LogP contribution in [-0.2, 0) is 19.1 Å². The molecule has 1 heterocycles. The average molecular weight is 878 g/mol. The van der Waals surface area contributed by atoms with Crippen molar-refractivity contribution >= 4 is 11.9 Å². The van der Waals surface area contributed by atoms with Gasteiger partial charge in [-0.2, -0.15) is 0 Å². The first-order valence-corrected chi connectivity index (χ1v) is 27.3. The van der Waals surface area contributed by atoms with E-state index in [0.29, 0.717) is 37.9 Å². The van der Waals surface area contributed by atoms with Crippen LogP contribution in [0, 0.1) is 11.8 Å². The fraction of sp³-hybridized carbons (Fsp3) is 0.963. The number of carbonyl (C=O) groups excluding carboxylic acids is 2. The van der Waals surface area contributed by atoms with Gasteiger partial charge in [-0.3, -0.25) is 9.59 Å². The number of likely N-dealkylation sites (tertiary alicyclic amines) is 1. The molecule has 1 N–H and O–H groups in total. The zero-order chi connectivity index (χ0) is 45.4. The van der Waals surface area contributed by atoms with Gasteiger partial charge in [-0.1, -0.05) is 169 Å². The van der Waals surface area contributed by atoms with E-state index in [1.807, 2.05) is 14.1 Å². The molecule has 0 amide bonds. The molecule has 0 radical (unpaired) electrons. The van der Waals surface area contributed by atoms with Gasteiger partial charge in [-0.25, -0.2) is 0 Å². The van der Waals surface area contributed by atoms with Crippen LogP contribution >= 0.6 is 0 Å². The molecule has 0 saturated carbocycles. The summed E-state index contributed by atoms with van der Waals surface area (Å²) in [6.45, 7) is 17.0. The largest absolute Gasteiger partial charge is 0.465 e. The van der Waals surface area contributed by atoms with Crippen LogP contribution in [0.15, 0.2) is 0 Å². The third-order valence-electron chi connectivity index (χ3n) is 13.7. The Labute approximate surface area is 386 Å². The molecule has 1 aliphatic heterocycles. The Hall–Kier alpha value is -1.22. The number of nitrogens with zero attached hydrogens (tertiary/aromatic N) is 3. The molecule has 8 nitrogen and oxygen atoms in total. The summed E-state index contributed by atoms with van der Waals surface area (Å²) in [5.74, 6) is 1.00. The van der Waals surface area contributed by atoms with Crippen molar-refractivity contribution in [3.8, 4) is 0 Å². The molecule has 2 unspecified atom stereocenters. The highest BCUT2D eigenvalue weighted by molar-refractivity contribution is 5.69. The van der Waals surface area contributed by atoms with Crippen LogP contribution in [-0.4, -0.2) is 110 Å². The smallest absolute Gasteiger partial charge is 0.305 e. The summed E-state index contributed by atoms with van der Waals surface area (Å²) in [6, 6.07) is 0. The molecular weight excluding hydrogens is 771 g/mol. The second-order valence-electron chi connectivity index (χ2n) is 20.2. The molecule has 1 saturated heterocycles. The number of carbonyl (C=O) groups is 2. The lowest BCUT2D eigenvalue weighted by atomic mass is 9.91. The van der Waals surface area contributed by atoms with Gasteiger partial charge in [0, 0.05) is 45.6 Å². The standard InChI is InChI=1S/C54H107N3O5/c1-7-11-15-19-21-27-35-50(33-25-17-13-9-3)47-61-52(58)37-29-23-31-41-56(45-46-57-43-39-54(60,40-44-57)49-55(5)6)42-32-24-30-38-53(59)62-48-51(34-26-18-14-10-4)36-28-22-20-16-12-8-2/h50-51,60H,7-49H2,1-6H3. The zero-order valence-corrected chi connectivity index (χ0v) is 42.5. The maximum Gasteiger partial charge on any atom is 0.305 e. The molecule has 0 aromatic carbocycles. The summed E-state index contributed by atoms with van der Waals surface area (Å²) in [6.07, 6.45) is 39.5. The molecular formula is C54H107N3O5. The highest BCUT2D eigenvalue weighted by Gasteiger charge is 2.32. The minimum atomic E-state index is -0.575. The van der Waals surface area contributed by atoms with E-state index in [4.69, 9.17) is 9.47 Å². The van der Waals surface area contributed by atoms with E-state index < -0.39 is 5.60 Å². The van der Waals surface area contributed by atoms with Crippen LogP contribution in [0.1, 0.15) is 246 Å². The number of likely N-dealkylation sites (N-methyl/N-ethyl adjacent to an activating group) is 1. The second-order valence-corrected chi connectivity index (χ2v) is 20.2. The molecule has 368 valence electrons. The van der Waals surface area contributed by atoms with Crippen molar-refractivity contribution in [1.82, 2.24) is 14.7 Å². The van der Waals surface area contributed by atoms with Gasteiger partial charge in [0.1, 0.15) is 0 Å². The summed E-state index contributed by atoms with van der Waals surface area (Å²) < 4.78 is 11.8. The molecule has 0 bridgehead atoms. The fourth-order valence-corrected chi connectivity index (χ4v) is 9.46. The van der Waals surface area contributed by atoms with Gasteiger partial charge < -0.3 is 29.3 Å². The average Bonchev–Trinajstić information content (AvgIpc) is 3.25. The van der Waals surface area contributed by atoms with E-state index in [1.54, 1.807) is 0 Å². The minimum absolute atomic E-state index is 0.0125. The molecule has 0 aliphatic carbocycles. The molecule has 0 aromatic heterocycles. The first kappa shape index (κ1) is 58.8. The summed E-state index contributed by atoms with van der Waals surface area (Å²) in [7, 11) is 4.09. The van der Waals surface area contributed by atoms with Gasteiger partial charge in [-0.15, -0.1) is 0 Å². The quantitative estimate of drug-likeness (QED) is 0.0478. The van der Waals surface area contributed by atoms with Gasteiger partial charge in [-0.05, 0) is 103 Å². The summed E-state index contributed by atoms with van der Waals surface area (Å²) in [5.41, 5.74) is -0.575. The number of esters is 2. The van der Waals surface area contributed by atoms with Crippen LogP contribution in [0.25, 0.3) is 0 Å². The number of rotatable bonds is 45. The van der Waals surface area contributed by atoms with E-state index in [9.17, 15) is 14.7 Å². The third-order valence-corrected chi connectivity index (χ3v) is 13.7. The first-order chi connectivity index (χ1) is 30.1. The monoisotopic (exact) mass is 878 g/mol. The minimum Gasteiger partial charge on any atom is -0.465 e. The highest BCUT2D eigenvalue weighted by atomic mass is 16.5. The number of ether oxygens (including phenoxy) is 2. The van der Waals surface area contributed by atoms with E-state index in [1.165, 1.54) is 154 Å². The normalized spacial score (nSPS) is 15.4. The Morgan fingerprint density at radius 1 is 0.516 bits per heavy atom. The lowest BCUT2D eigenvalue weighted by Crippen LogP contribution is -2.50. The number of hydrogen-bond acceptors (Lipinski definition) is 8. The summed E-state index contributed by atoms with van der Waals surface area (Å²) in [5, 5.41) is 11.1. The Bertz CT molecular complexity index is 945. The van der Waals surface area contributed by atoms with Crippen LogP contribution < -0.4 is 0 Å². The van der Waals surface area contributed by atoms with Gasteiger partial charge in [0.05, 0.1) is 18.8 Å². The maximum absolute atomic E-state index is 12.8. The number of hydrogen-bond donors (Lipinski definition) is 1. The van der Waals surface area contributed by atoms with Crippen LogP contribution in [0.4, 0.5) is 0 Å². The van der Waals surface area contributed by atoms with Crippen LogP contribution in [0.5, 0.6) is 0 Å². The number of piperidine rings is 1. The van der Waals surface area contributed by atoms with Crippen molar-refractivity contribution in [2.24, 2.45) is 11.8 Å². The molecule has 0 aromatic rings. The Kier molecular flexibility index (Phi) is 39.1. The molecule has 1 fully saturated rings. The molecule has 0 spiro atoms. The van der Waals surface area contributed by atoms with Crippen molar-refractivity contribution in [3.05, 3.63) is 0 Å². The van der Waals surface area contributed by atoms with E-state index >= 15 is 0 Å². The summed E-state index contributed by atoms with van der Waals surface area (Å²) >= 11 is 0. The van der Waals surface area contributed by atoms with Crippen molar-refractivity contribution in [3.63, 3.8) is 0 Å². The first-order valence-electron chi connectivity index (χ1n) is 27.3. The predicted molar refractivity (Wildman–Crippen MR) is 265 cm³/mol. The Morgan fingerprint density at radius 2 is 0.871 bits per heavy atom. The topological polar surface area (TPSA) is 82.5 Å². The van der Waals surface area contributed by atoms with Gasteiger partial charge in [0.15, 0.2) is 0 Å². The molecule has 2 atom stereocenters. The lowest BCUT2D eigenvalue weighted by molar-refractivity contribution is -0.146. The van der Waals surface area contributed by atoms with Crippen molar-refractivity contribution in [2.45, 2.75) is 252 Å². The predicted octanol–water partition coefficient (Wildman–Crippen LogP) is 13.6. The lowest BCUT2D eigenvalue weighted by Gasteiger charge is -2.40. The van der Waals surface area contributed by atoms with Crippen LogP contribution in [0.2, 0.25) is 0 Å². The molecule has 1 aliphatic rings. The number of unbranched alkanes of at least 4 members (excludes halogenated alkanes) is 20. The summed E-state index contributed by atoms with van der Waals surface area (Å²) in [4.78, 5) is 32.9. The van der Waals surface area contributed by atoms with E-state index in [-0.39, 0.29) is 11.9 Å². The SMILES string of the molecule is CCCCCCCCC(CCCCCC)COC(=O)CCCCCN(CCCCCC(=O)OCC(CCCCCC)CCCCCCCC)CCN1CCC(O)(CN(C)C)CC1. The fourth-order valence-electron chi connectivity index (χ4n) is 9.46. The van der Waals surface area contributed by atoms with Crippen LogP contribution in [0.3, 0.4) is 0 Å².